The van der Waals surface area contributed by atoms with Crippen LogP contribution >= 0.6 is 0 Å². The van der Waals surface area contributed by atoms with E-state index in [0.717, 1.165) is 37.8 Å². The number of rotatable bonds is 4. The topological polar surface area (TPSA) is 43.9 Å². The van der Waals surface area contributed by atoms with Crippen molar-refractivity contribution in [3.8, 4) is 0 Å². The molecule has 5 heteroatoms. The number of carbonyl (C=O) groups is 2. The predicted molar refractivity (Wildman–Crippen MR) is 88.3 cm³/mol. The maximum absolute atomic E-state index is 12.8. The van der Waals surface area contributed by atoms with Crippen molar-refractivity contribution in [2.75, 3.05) is 26.2 Å². The molecular weight excluding hydrogens is 290 g/mol. The van der Waals surface area contributed by atoms with Crippen LogP contribution in [0.15, 0.2) is 30.3 Å². The fourth-order valence-electron chi connectivity index (χ4n) is 3.50. The number of unbranched alkanes of at least 4 members (excludes halogenated alkanes) is 1. The fourth-order valence-corrected chi connectivity index (χ4v) is 3.50. The van der Waals surface area contributed by atoms with E-state index in [0.29, 0.717) is 19.6 Å². The first kappa shape index (κ1) is 16.0. The Kier molecular flexibility index (Phi) is 4.96. The van der Waals surface area contributed by atoms with Gasteiger partial charge in [0.1, 0.15) is 0 Å². The summed E-state index contributed by atoms with van der Waals surface area (Å²) in [5.41, 5.74) is 1.11. The number of hydrogen-bond acceptors (Lipinski definition) is 3. The van der Waals surface area contributed by atoms with Crippen LogP contribution in [0.25, 0.3) is 0 Å². The SMILES string of the molecule is CCCCN1CC(=O)N2CCC[C@H](c3ccccc3)N2C(=O)C1. The van der Waals surface area contributed by atoms with E-state index in [4.69, 9.17) is 0 Å². The molecule has 1 atom stereocenters. The molecule has 0 aliphatic carbocycles. The van der Waals surface area contributed by atoms with Gasteiger partial charge in [-0.3, -0.25) is 14.5 Å². The van der Waals surface area contributed by atoms with Crippen LogP contribution in [0.2, 0.25) is 0 Å². The Morgan fingerprint density at radius 1 is 1.09 bits per heavy atom. The zero-order valence-electron chi connectivity index (χ0n) is 13.8. The number of fused-ring (bicyclic) bond motifs is 1. The van der Waals surface area contributed by atoms with E-state index >= 15 is 0 Å². The van der Waals surface area contributed by atoms with Crippen LogP contribution < -0.4 is 0 Å². The van der Waals surface area contributed by atoms with Gasteiger partial charge in [-0.2, -0.15) is 0 Å². The van der Waals surface area contributed by atoms with Gasteiger partial charge in [-0.05, 0) is 31.4 Å². The lowest BCUT2D eigenvalue weighted by Crippen LogP contribution is -2.54. The first-order valence-corrected chi connectivity index (χ1v) is 8.60. The van der Waals surface area contributed by atoms with Crippen molar-refractivity contribution in [2.45, 2.75) is 38.6 Å². The van der Waals surface area contributed by atoms with E-state index in [1.165, 1.54) is 0 Å². The monoisotopic (exact) mass is 315 g/mol. The van der Waals surface area contributed by atoms with Crippen LogP contribution in [0.3, 0.4) is 0 Å². The van der Waals surface area contributed by atoms with Crippen LogP contribution in [-0.4, -0.2) is 52.9 Å². The largest absolute Gasteiger partial charge is 0.285 e. The number of benzene rings is 1. The van der Waals surface area contributed by atoms with Crippen LogP contribution in [-0.2, 0) is 9.59 Å². The molecule has 0 unspecified atom stereocenters. The number of amides is 2. The normalized spacial score (nSPS) is 22.9. The molecule has 2 fully saturated rings. The van der Waals surface area contributed by atoms with Crippen molar-refractivity contribution in [2.24, 2.45) is 0 Å². The summed E-state index contributed by atoms with van der Waals surface area (Å²) in [4.78, 5) is 27.5. The molecule has 2 aliphatic heterocycles. The van der Waals surface area contributed by atoms with Gasteiger partial charge in [-0.25, -0.2) is 10.0 Å². The van der Waals surface area contributed by atoms with Crippen molar-refractivity contribution in [1.82, 2.24) is 14.9 Å². The van der Waals surface area contributed by atoms with Crippen molar-refractivity contribution >= 4 is 11.8 Å². The van der Waals surface area contributed by atoms with Gasteiger partial charge in [0.2, 0.25) is 0 Å². The van der Waals surface area contributed by atoms with E-state index in [1.807, 2.05) is 35.2 Å². The molecule has 0 N–H and O–H groups in total. The van der Waals surface area contributed by atoms with Crippen LogP contribution in [0.1, 0.15) is 44.2 Å². The molecule has 124 valence electrons. The Balaban J connectivity index is 1.85. The van der Waals surface area contributed by atoms with E-state index in [2.05, 4.69) is 6.92 Å². The second-order valence-corrected chi connectivity index (χ2v) is 6.39. The summed E-state index contributed by atoms with van der Waals surface area (Å²) in [6, 6.07) is 10.0. The summed E-state index contributed by atoms with van der Waals surface area (Å²) in [5.74, 6) is 0.0908. The van der Waals surface area contributed by atoms with Gasteiger partial charge in [0.25, 0.3) is 11.8 Å². The maximum atomic E-state index is 12.8. The van der Waals surface area contributed by atoms with Gasteiger partial charge in [0, 0.05) is 6.54 Å². The number of nitrogens with zero attached hydrogens (tertiary/aromatic N) is 3. The van der Waals surface area contributed by atoms with Crippen LogP contribution in [0.5, 0.6) is 0 Å². The summed E-state index contributed by atoms with van der Waals surface area (Å²) >= 11 is 0. The quantitative estimate of drug-likeness (QED) is 0.855. The molecule has 1 aromatic rings. The van der Waals surface area contributed by atoms with Gasteiger partial charge < -0.3 is 0 Å². The van der Waals surface area contributed by atoms with Crippen molar-refractivity contribution in [1.29, 1.82) is 0 Å². The van der Waals surface area contributed by atoms with Crippen LogP contribution in [0.4, 0.5) is 0 Å². The molecule has 23 heavy (non-hydrogen) atoms. The van der Waals surface area contributed by atoms with Gasteiger partial charge in [0.15, 0.2) is 0 Å². The Bertz CT molecular complexity index is 561. The van der Waals surface area contributed by atoms with E-state index < -0.39 is 0 Å². The summed E-state index contributed by atoms with van der Waals surface area (Å²) < 4.78 is 0. The Morgan fingerprint density at radius 2 is 1.83 bits per heavy atom. The zero-order valence-corrected chi connectivity index (χ0v) is 13.8. The van der Waals surface area contributed by atoms with E-state index in [-0.39, 0.29) is 17.9 Å². The third-order valence-corrected chi connectivity index (χ3v) is 4.68. The fraction of sp³-hybridized carbons (Fsp3) is 0.556. The third kappa shape index (κ3) is 3.39. The molecule has 0 saturated carbocycles. The second-order valence-electron chi connectivity index (χ2n) is 6.39. The van der Waals surface area contributed by atoms with Gasteiger partial charge in [-0.15, -0.1) is 0 Å². The minimum atomic E-state index is -0.0208. The highest BCUT2D eigenvalue weighted by atomic mass is 16.2. The van der Waals surface area contributed by atoms with Gasteiger partial charge in [0.05, 0.1) is 19.1 Å². The van der Waals surface area contributed by atoms with E-state index in [1.54, 1.807) is 10.0 Å². The molecule has 1 aromatic carbocycles. The molecule has 3 rings (SSSR count). The number of hydrogen-bond donors (Lipinski definition) is 0. The summed E-state index contributed by atoms with van der Waals surface area (Å²) in [6.07, 6.45) is 3.93. The highest BCUT2D eigenvalue weighted by Gasteiger charge is 2.39. The Morgan fingerprint density at radius 3 is 2.57 bits per heavy atom. The molecule has 2 heterocycles. The van der Waals surface area contributed by atoms with E-state index in [9.17, 15) is 9.59 Å². The molecule has 0 spiro atoms. The third-order valence-electron chi connectivity index (χ3n) is 4.68. The maximum Gasteiger partial charge on any atom is 0.255 e. The van der Waals surface area contributed by atoms with Crippen molar-refractivity contribution in [3.05, 3.63) is 35.9 Å². The Labute approximate surface area is 137 Å². The molecule has 2 amide bonds. The standard InChI is InChI=1S/C18H25N3O2/c1-2-3-11-19-13-17(22)20-12-7-10-16(21(20)18(23)14-19)15-8-5-4-6-9-15/h4-6,8-9,16H,2-3,7,10-14H2,1H3/t16-/m1/s1. The predicted octanol–water partition coefficient (Wildman–Crippen LogP) is 2.21. The van der Waals surface area contributed by atoms with Crippen molar-refractivity contribution in [3.63, 3.8) is 0 Å². The minimum absolute atomic E-state index is 0.0208. The highest BCUT2D eigenvalue weighted by molar-refractivity contribution is 5.87. The highest BCUT2D eigenvalue weighted by Crippen LogP contribution is 2.32. The van der Waals surface area contributed by atoms with Gasteiger partial charge in [-0.1, -0.05) is 43.7 Å². The molecule has 0 radical (unpaired) electrons. The zero-order chi connectivity index (χ0) is 16.2. The van der Waals surface area contributed by atoms with Crippen molar-refractivity contribution < 1.29 is 9.59 Å². The lowest BCUT2D eigenvalue weighted by atomic mass is 9.99. The lowest BCUT2D eigenvalue weighted by molar-refractivity contribution is -0.171. The minimum Gasteiger partial charge on any atom is -0.285 e. The summed E-state index contributed by atoms with van der Waals surface area (Å²) in [5, 5.41) is 3.42. The lowest BCUT2D eigenvalue weighted by Gasteiger charge is -2.43. The van der Waals surface area contributed by atoms with Gasteiger partial charge >= 0.3 is 0 Å². The molecule has 2 saturated heterocycles. The average Bonchev–Trinajstić information content (AvgIpc) is 2.71. The number of hydrazine groups is 1. The molecule has 0 bridgehead atoms. The molecule has 2 aliphatic rings. The second kappa shape index (κ2) is 7.13. The summed E-state index contributed by atoms with van der Waals surface area (Å²) in [7, 11) is 0. The first-order chi connectivity index (χ1) is 11.2. The smallest absolute Gasteiger partial charge is 0.255 e. The number of carbonyl (C=O) groups excluding carboxylic acids is 2. The average molecular weight is 315 g/mol. The Hall–Kier alpha value is -1.88. The summed E-state index contributed by atoms with van der Waals surface area (Å²) in [6.45, 7) is 4.27. The molecule has 5 nitrogen and oxygen atoms in total. The molecule has 0 aromatic heterocycles. The first-order valence-electron chi connectivity index (χ1n) is 8.60. The molecular formula is C18H25N3O2. The van der Waals surface area contributed by atoms with Crippen LogP contribution in [0, 0.1) is 0 Å².